The van der Waals surface area contributed by atoms with Crippen LogP contribution in [0.1, 0.15) is 33.3 Å². The molecule has 5 atom stereocenters. The van der Waals surface area contributed by atoms with Crippen molar-refractivity contribution in [3.8, 4) is 0 Å². The SMILES string of the molecule is CC(=O)N[C@H]1[C@H](OCc2ccccc2)O[C@H](CO[Si](c2ccccc2)(c2ccccc2)C(C)(C)C)[C@@H](O)[C@@H]1O. The van der Waals surface area contributed by atoms with E-state index in [1.165, 1.54) is 6.92 Å². The Morgan fingerprint density at radius 3 is 1.87 bits per heavy atom. The zero-order valence-electron chi connectivity index (χ0n) is 23.0. The molecule has 8 heteroatoms. The average molecular weight is 550 g/mol. The quantitative estimate of drug-likeness (QED) is 0.355. The summed E-state index contributed by atoms with van der Waals surface area (Å²) in [5, 5.41) is 26.8. The molecule has 4 rings (SSSR count). The third-order valence-corrected chi connectivity index (χ3v) is 12.2. The highest BCUT2D eigenvalue weighted by Crippen LogP contribution is 2.37. The highest BCUT2D eigenvalue weighted by Gasteiger charge is 2.52. The van der Waals surface area contributed by atoms with E-state index in [2.05, 4.69) is 50.4 Å². The van der Waals surface area contributed by atoms with E-state index in [4.69, 9.17) is 13.9 Å². The first kappa shape index (κ1) is 29.1. The van der Waals surface area contributed by atoms with Gasteiger partial charge in [-0.15, -0.1) is 0 Å². The first-order chi connectivity index (χ1) is 18.6. The van der Waals surface area contributed by atoms with Crippen LogP contribution in [0.15, 0.2) is 91.0 Å². The van der Waals surface area contributed by atoms with Crippen LogP contribution in [-0.2, 0) is 25.3 Å². The number of hydrogen-bond acceptors (Lipinski definition) is 6. The predicted octanol–water partition coefficient (Wildman–Crippen LogP) is 2.73. The van der Waals surface area contributed by atoms with Crippen molar-refractivity contribution in [1.82, 2.24) is 5.32 Å². The maximum atomic E-state index is 11.9. The molecule has 0 aliphatic carbocycles. The third-order valence-electron chi connectivity index (χ3n) is 7.21. The minimum atomic E-state index is -2.90. The van der Waals surface area contributed by atoms with Gasteiger partial charge in [-0.1, -0.05) is 112 Å². The summed E-state index contributed by atoms with van der Waals surface area (Å²) >= 11 is 0. The molecule has 0 bridgehead atoms. The summed E-state index contributed by atoms with van der Waals surface area (Å²) < 4.78 is 19.2. The molecule has 39 heavy (non-hydrogen) atoms. The Morgan fingerprint density at radius 2 is 1.38 bits per heavy atom. The Kier molecular flexibility index (Phi) is 9.38. The van der Waals surface area contributed by atoms with Gasteiger partial charge in [-0.2, -0.15) is 0 Å². The highest BCUT2D eigenvalue weighted by atomic mass is 28.4. The fraction of sp³-hybridized carbons (Fsp3) is 0.387. The van der Waals surface area contributed by atoms with Crippen molar-refractivity contribution < 1.29 is 28.9 Å². The summed E-state index contributed by atoms with van der Waals surface area (Å²) in [6.07, 6.45) is -4.47. The lowest BCUT2D eigenvalue weighted by Crippen LogP contribution is -2.69. The second-order valence-corrected chi connectivity index (χ2v) is 15.3. The number of benzene rings is 3. The molecule has 0 spiro atoms. The highest BCUT2D eigenvalue weighted by molar-refractivity contribution is 6.99. The van der Waals surface area contributed by atoms with Crippen LogP contribution in [0.3, 0.4) is 0 Å². The number of ether oxygens (including phenoxy) is 2. The maximum absolute atomic E-state index is 11.9. The summed E-state index contributed by atoms with van der Waals surface area (Å²) in [6, 6.07) is 29.0. The Labute approximate surface area is 231 Å². The standard InChI is InChI=1S/C31H39NO6Si/c1-22(33)32-27-29(35)28(34)26(38-30(27)36-20-23-14-8-5-9-15-23)21-37-39(31(2,3)4,24-16-10-6-11-17-24)25-18-12-7-13-19-25/h5-19,26-30,34-35H,20-21H2,1-4H3,(H,32,33)/t26-,27-,28-,29-,30-/m1/s1. The molecular formula is C31H39NO6Si. The number of carbonyl (C=O) groups is 1. The van der Waals surface area contributed by atoms with Gasteiger partial charge < -0.3 is 29.4 Å². The molecule has 3 aromatic carbocycles. The van der Waals surface area contributed by atoms with Crippen LogP contribution in [-0.4, -0.2) is 61.7 Å². The van der Waals surface area contributed by atoms with E-state index in [-0.39, 0.29) is 24.2 Å². The van der Waals surface area contributed by atoms with Crippen molar-refractivity contribution in [2.45, 2.75) is 70.0 Å². The smallest absolute Gasteiger partial charge is 0.261 e. The second-order valence-electron chi connectivity index (χ2n) is 11.0. The predicted molar refractivity (Wildman–Crippen MR) is 153 cm³/mol. The van der Waals surface area contributed by atoms with Crippen LogP contribution in [0, 0.1) is 0 Å². The fourth-order valence-corrected chi connectivity index (χ4v) is 9.89. The molecule has 1 aliphatic heterocycles. The van der Waals surface area contributed by atoms with Crippen LogP contribution >= 0.6 is 0 Å². The van der Waals surface area contributed by atoms with Gasteiger partial charge in [-0.05, 0) is 21.0 Å². The van der Waals surface area contributed by atoms with Gasteiger partial charge in [-0.3, -0.25) is 4.79 Å². The molecule has 1 amide bonds. The first-order valence-corrected chi connectivity index (χ1v) is 15.2. The number of nitrogens with one attached hydrogen (secondary N) is 1. The summed E-state index contributed by atoms with van der Waals surface area (Å²) in [6.45, 7) is 8.11. The minimum Gasteiger partial charge on any atom is -0.405 e. The van der Waals surface area contributed by atoms with Gasteiger partial charge in [0, 0.05) is 6.92 Å². The van der Waals surface area contributed by atoms with E-state index in [0.29, 0.717) is 0 Å². The lowest BCUT2D eigenvalue weighted by molar-refractivity contribution is -0.272. The summed E-state index contributed by atoms with van der Waals surface area (Å²) in [5.74, 6) is -0.356. The lowest BCUT2D eigenvalue weighted by atomic mass is 9.97. The number of aliphatic hydroxyl groups is 2. The van der Waals surface area contributed by atoms with Gasteiger partial charge in [0.25, 0.3) is 8.32 Å². The molecule has 1 aliphatic rings. The molecule has 1 saturated heterocycles. The molecular weight excluding hydrogens is 510 g/mol. The fourth-order valence-electron chi connectivity index (χ4n) is 5.32. The van der Waals surface area contributed by atoms with Crippen molar-refractivity contribution >= 4 is 24.6 Å². The topological polar surface area (TPSA) is 97.3 Å². The Balaban J connectivity index is 1.63. The second kappa shape index (κ2) is 12.5. The van der Waals surface area contributed by atoms with E-state index in [0.717, 1.165) is 15.9 Å². The van der Waals surface area contributed by atoms with E-state index >= 15 is 0 Å². The number of amides is 1. The summed E-state index contributed by atoms with van der Waals surface area (Å²) in [7, 11) is -2.90. The Hall–Kier alpha value is -2.85. The zero-order chi connectivity index (χ0) is 28.0. The molecule has 0 saturated carbocycles. The van der Waals surface area contributed by atoms with E-state index in [1.807, 2.05) is 66.7 Å². The van der Waals surface area contributed by atoms with Gasteiger partial charge in [0.1, 0.15) is 24.4 Å². The molecule has 208 valence electrons. The largest absolute Gasteiger partial charge is 0.405 e. The van der Waals surface area contributed by atoms with Gasteiger partial charge >= 0.3 is 0 Å². The van der Waals surface area contributed by atoms with Crippen molar-refractivity contribution in [2.24, 2.45) is 0 Å². The van der Waals surface area contributed by atoms with Crippen molar-refractivity contribution in [3.63, 3.8) is 0 Å². The number of hydrogen-bond donors (Lipinski definition) is 3. The van der Waals surface area contributed by atoms with Crippen LogP contribution in [0.5, 0.6) is 0 Å². The number of carbonyl (C=O) groups excluding carboxylic acids is 1. The zero-order valence-corrected chi connectivity index (χ0v) is 24.0. The van der Waals surface area contributed by atoms with E-state index in [9.17, 15) is 15.0 Å². The molecule has 0 radical (unpaired) electrons. The van der Waals surface area contributed by atoms with Gasteiger partial charge in [-0.25, -0.2) is 0 Å². The summed E-state index contributed by atoms with van der Waals surface area (Å²) in [5.41, 5.74) is 0.920. The maximum Gasteiger partial charge on any atom is 0.261 e. The average Bonchev–Trinajstić information content (AvgIpc) is 2.93. The van der Waals surface area contributed by atoms with Crippen LogP contribution < -0.4 is 15.7 Å². The van der Waals surface area contributed by atoms with Gasteiger partial charge in [0.05, 0.1) is 13.2 Å². The number of aliphatic hydroxyl groups excluding tert-OH is 2. The molecule has 3 aromatic rings. The van der Waals surface area contributed by atoms with Crippen molar-refractivity contribution in [1.29, 1.82) is 0 Å². The molecule has 1 fully saturated rings. The third kappa shape index (κ3) is 6.49. The van der Waals surface area contributed by atoms with Crippen LogP contribution in [0.25, 0.3) is 0 Å². The molecule has 0 aromatic heterocycles. The van der Waals surface area contributed by atoms with Crippen molar-refractivity contribution in [2.75, 3.05) is 6.61 Å². The Morgan fingerprint density at radius 1 is 0.872 bits per heavy atom. The summed E-state index contributed by atoms with van der Waals surface area (Å²) in [4.78, 5) is 11.9. The van der Waals surface area contributed by atoms with Crippen LogP contribution in [0.4, 0.5) is 0 Å². The first-order valence-electron chi connectivity index (χ1n) is 13.3. The Bertz CT molecular complexity index is 1150. The molecule has 7 nitrogen and oxygen atoms in total. The van der Waals surface area contributed by atoms with Crippen molar-refractivity contribution in [3.05, 3.63) is 96.6 Å². The van der Waals surface area contributed by atoms with Gasteiger partial charge in [0.15, 0.2) is 6.29 Å². The van der Waals surface area contributed by atoms with Gasteiger partial charge in [0.2, 0.25) is 5.91 Å². The normalized spacial score (nSPS) is 23.8. The molecule has 1 heterocycles. The van der Waals surface area contributed by atoms with E-state index < -0.39 is 39.0 Å². The van der Waals surface area contributed by atoms with E-state index in [1.54, 1.807) is 0 Å². The molecule has 3 N–H and O–H groups in total. The van der Waals surface area contributed by atoms with Crippen LogP contribution in [0.2, 0.25) is 5.04 Å². The monoisotopic (exact) mass is 549 g/mol. The number of rotatable bonds is 9. The molecule has 0 unspecified atom stereocenters. The lowest BCUT2D eigenvalue weighted by Gasteiger charge is -2.46. The minimum absolute atomic E-state index is 0.0312.